The van der Waals surface area contributed by atoms with Crippen LogP contribution in [-0.4, -0.2) is 32.6 Å². The largest absolute Gasteiger partial charge is 0.497 e. The van der Waals surface area contributed by atoms with Crippen LogP contribution in [0.15, 0.2) is 36.4 Å². The molecule has 0 aliphatic rings. The van der Waals surface area contributed by atoms with Gasteiger partial charge in [-0.1, -0.05) is 0 Å². The lowest BCUT2D eigenvalue weighted by atomic mass is 10.2. The van der Waals surface area contributed by atoms with Gasteiger partial charge in [-0.3, -0.25) is 9.59 Å². The molecule has 1 atom stereocenters. The van der Waals surface area contributed by atoms with Gasteiger partial charge in [0, 0.05) is 29.1 Å². The molecule has 1 aromatic carbocycles. The van der Waals surface area contributed by atoms with Crippen molar-refractivity contribution in [3.63, 3.8) is 0 Å². The average Bonchev–Trinajstić information content (AvgIpc) is 3.02. The highest BCUT2D eigenvalue weighted by molar-refractivity contribution is 7.12. The molecule has 0 spiro atoms. The molecule has 2 amide bonds. The molecule has 2 N–H and O–H groups in total. The van der Waals surface area contributed by atoms with Gasteiger partial charge in [-0.05, 0) is 43.3 Å². The Morgan fingerprint density at radius 3 is 2.33 bits per heavy atom. The molecule has 7 heteroatoms. The van der Waals surface area contributed by atoms with E-state index in [4.69, 9.17) is 9.47 Å². The molecule has 0 saturated carbocycles. The summed E-state index contributed by atoms with van der Waals surface area (Å²) < 4.78 is 10.4. The average molecular weight is 348 g/mol. The number of methoxy groups -OCH3 is 2. The summed E-state index contributed by atoms with van der Waals surface area (Å²) in [6.45, 7) is 2.23. The Hall–Kier alpha value is -2.38. The molecule has 0 fully saturated rings. The zero-order valence-electron chi connectivity index (χ0n) is 13.8. The van der Waals surface area contributed by atoms with Gasteiger partial charge in [0.15, 0.2) is 0 Å². The molecule has 0 aliphatic carbocycles. The molecule has 2 aromatic rings. The van der Waals surface area contributed by atoms with E-state index in [9.17, 15) is 9.59 Å². The summed E-state index contributed by atoms with van der Waals surface area (Å²) in [5.41, 5.74) is 0.521. The molecular formula is C17H20N2O4S. The lowest BCUT2D eigenvalue weighted by Crippen LogP contribution is -2.37. The first-order valence-electron chi connectivity index (χ1n) is 7.36. The van der Waals surface area contributed by atoms with Crippen LogP contribution in [0.2, 0.25) is 0 Å². The lowest BCUT2D eigenvalue weighted by molar-refractivity contribution is -0.136. The second-order valence-electron chi connectivity index (χ2n) is 5.07. The molecule has 1 aromatic heterocycles. The first-order valence-corrected chi connectivity index (χ1v) is 8.17. The van der Waals surface area contributed by atoms with Gasteiger partial charge in [0.05, 0.1) is 7.11 Å². The van der Waals surface area contributed by atoms with E-state index in [1.54, 1.807) is 49.8 Å². The van der Waals surface area contributed by atoms with Crippen molar-refractivity contribution in [2.45, 2.75) is 13.0 Å². The minimum Gasteiger partial charge on any atom is -0.497 e. The fourth-order valence-electron chi connectivity index (χ4n) is 2.05. The number of thiophene rings is 1. The SMILES string of the molecule is COc1ccc(NC(=O)C(=O)NCC(OC)c2ccc(C)s2)cc1. The summed E-state index contributed by atoms with van der Waals surface area (Å²) >= 11 is 1.60. The highest BCUT2D eigenvalue weighted by atomic mass is 32.1. The molecule has 6 nitrogen and oxygen atoms in total. The zero-order chi connectivity index (χ0) is 17.5. The maximum absolute atomic E-state index is 11.9. The number of rotatable bonds is 6. The highest BCUT2D eigenvalue weighted by Gasteiger charge is 2.18. The number of aryl methyl sites for hydroxylation is 1. The first kappa shape index (κ1) is 18.0. The van der Waals surface area contributed by atoms with Gasteiger partial charge in [-0.25, -0.2) is 0 Å². The molecule has 24 heavy (non-hydrogen) atoms. The fourth-order valence-corrected chi connectivity index (χ4v) is 3.01. The summed E-state index contributed by atoms with van der Waals surface area (Å²) in [4.78, 5) is 26.0. The van der Waals surface area contributed by atoms with Crippen LogP contribution in [-0.2, 0) is 14.3 Å². The van der Waals surface area contributed by atoms with Crippen molar-refractivity contribution in [1.29, 1.82) is 0 Å². The van der Waals surface area contributed by atoms with E-state index in [0.29, 0.717) is 11.4 Å². The van der Waals surface area contributed by atoms with Gasteiger partial charge in [0.1, 0.15) is 11.9 Å². The predicted octanol–water partition coefficient (Wildman–Crippen LogP) is 2.51. The Morgan fingerprint density at radius 1 is 1.08 bits per heavy atom. The minimum atomic E-state index is -0.725. The smallest absolute Gasteiger partial charge is 0.313 e. The third-order valence-corrected chi connectivity index (χ3v) is 4.46. The van der Waals surface area contributed by atoms with Crippen LogP contribution in [0.5, 0.6) is 5.75 Å². The quantitative estimate of drug-likeness (QED) is 0.787. The normalized spacial score (nSPS) is 11.6. The number of hydrogen-bond donors (Lipinski definition) is 2. The second kappa shape index (κ2) is 8.47. The monoisotopic (exact) mass is 348 g/mol. The van der Waals surface area contributed by atoms with Crippen LogP contribution in [0.1, 0.15) is 15.9 Å². The molecule has 0 radical (unpaired) electrons. The van der Waals surface area contributed by atoms with E-state index in [1.165, 1.54) is 0 Å². The first-order chi connectivity index (χ1) is 11.5. The van der Waals surface area contributed by atoms with Crippen molar-refractivity contribution >= 4 is 28.8 Å². The zero-order valence-corrected chi connectivity index (χ0v) is 14.6. The fraction of sp³-hybridized carbons (Fsp3) is 0.294. The summed E-state index contributed by atoms with van der Waals surface area (Å²) in [6.07, 6.45) is -0.276. The van der Waals surface area contributed by atoms with Crippen LogP contribution in [0.4, 0.5) is 5.69 Å². The van der Waals surface area contributed by atoms with Gasteiger partial charge >= 0.3 is 11.8 Å². The number of ether oxygens (including phenoxy) is 2. The maximum Gasteiger partial charge on any atom is 0.313 e. The molecule has 0 aliphatic heterocycles. The number of anilines is 1. The van der Waals surface area contributed by atoms with Gasteiger partial charge < -0.3 is 20.1 Å². The molecule has 2 rings (SSSR count). The van der Waals surface area contributed by atoms with Gasteiger partial charge in [-0.15, -0.1) is 11.3 Å². The topological polar surface area (TPSA) is 76.7 Å². The van der Waals surface area contributed by atoms with Crippen molar-refractivity contribution in [2.75, 3.05) is 26.1 Å². The molecule has 1 heterocycles. The number of benzene rings is 1. The van der Waals surface area contributed by atoms with E-state index in [2.05, 4.69) is 10.6 Å². The Balaban J connectivity index is 1.87. The van der Waals surface area contributed by atoms with Gasteiger partial charge in [-0.2, -0.15) is 0 Å². The van der Waals surface area contributed by atoms with E-state index in [-0.39, 0.29) is 12.6 Å². The molecule has 128 valence electrons. The Labute approximate surface area is 144 Å². The second-order valence-corrected chi connectivity index (χ2v) is 6.38. The summed E-state index contributed by atoms with van der Waals surface area (Å²) in [7, 11) is 3.13. The number of nitrogens with one attached hydrogen (secondary N) is 2. The lowest BCUT2D eigenvalue weighted by Gasteiger charge is -2.14. The molecule has 0 bridgehead atoms. The minimum absolute atomic E-state index is 0.227. The Bertz CT molecular complexity index is 697. The van der Waals surface area contributed by atoms with Crippen LogP contribution in [0.25, 0.3) is 0 Å². The number of hydrogen-bond acceptors (Lipinski definition) is 5. The van der Waals surface area contributed by atoms with Crippen molar-refractivity contribution in [2.24, 2.45) is 0 Å². The van der Waals surface area contributed by atoms with Gasteiger partial charge in [0.25, 0.3) is 0 Å². The highest BCUT2D eigenvalue weighted by Crippen LogP contribution is 2.24. The van der Waals surface area contributed by atoms with E-state index >= 15 is 0 Å². The number of carbonyl (C=O) groups excluding carboxylic acids is 2. The van der Waals surface area contributed by atoms with Crippen LogP contribution in [0.3, 0.4) is 0 Å². The number of amides is 2. The van der Waals surface area contributed by atoms with Crippen molar-refractivity contribution < 1.29 is 19.1 Å². The number of carbonyl (C=O) groups is 2. The van der Waals surface area contributed by atoms with Crippen molar-refractivity contribution in [3.8, 4) is 5.75 Å². The Kier molecular flexibility index (Phi) is 6.34. The maximum atomic E-state index is 11.9. The van der Waals surface area contributed by atoms with E-state index in [1.807, 2.05) is 19.1 Å². The summed E-state index contributed by atoms with van der Waals surface area (Å²) in [6, 6.07) is 10.7. The summed E-state index contributed by atoms with van der Waals surface area (Å²) in [5, 5.41) is 5.12. The Morgan fingerprint density at radius 2 is 1.79 bits per heavy atom. The molecular weight excluding hydrogens is 328 g/mol. The van der Waals surface area contributed by atoms with Crippen LogP contribution < -0.4 is 15.4 Å². The third kappa shape index (κ3) is 4.81. The van der Waals surface area contributed by atoms with Crippen LogP contribution >= 0.6 is 11.3 Å². The summed E-state index contributed by atoms with van der Waals surface area (Å²) in [5.74, 6) is -0.759. The third-order valence-electron chi connectivity index (χ3n) is 3.37. The van der Waals surface area contributed by atoms with Crippen molar-refractivity contribution in [3.05, 3.63) is 46.2 Å². The van der Waals surface area contributed by atoms with Gasteiger partial charge in [0.2, 0.25) is 0 Å². The molecule has 1 unspecified atom stereocenters. The standard InChI is InChI=1S/C17H20N2O4S/c1-11-4-9-15(24-11)14(23-3)10-18-16(20)17(21)19-12-5-7-13(22-2)8-6-12/h4-9,14H,10H2,1-3H3,(H,18,20)(H,19,21). The molecule has 0 saturated heterocycles. The predicted molar refractivity (Wildman–Crippen MR) is 93.4 cm³/mol. The van der Waals surface area contributed by atoms with Crippen LogP contribution in [0, 0.1) is 6.92 Å². The van der Waals surface area contributed by atoms with Crippen molar-refractivity contribution in [1.82, 2.24) is 5.32 Å². The van der Waals surface area contributed by atoms with E-state index in [0.717, 1.165) is 9.75 Å². The van der Waals surface area contributed by atoms with E-state index < -0.39 is 11.8 Å².